The molecule has 0 fully saturated rings. The van der Waals surface area contributed by atoms with Gasteiger partial charge in [0, 0.05) is 23.6 Å². The van der Waals surface area contributed by atoms with Gasteiger partial charge in [0.1, 0.15) is 17.2 Å². The normalized spacial score (nSPS) is 11.6. The van der Waals surface area contributed by atoms with Crippen molar-refractivity contribution in [2.45, 2.75) is 19.8 Å². The van der Waals surface area contributed by atoms with Crippen LogP contribution in [0.1, 0.15) is 25.5 Å². The van der Waals surface area contributed by atoms with E-state index in [2.05, 4.69) is 20.3 Å². The molecule has 8 heteroatoms. The van der Waals surface area contributed by atoms with Crippen molar-refractivity contribution in [1.29, 1.82) is 0 Å². The number of methoxy groups -OCH3 is 1. The summed E-state index contributed by atoms with van der Waals surface area (Å²) in [5.41, 5.74) is 2.61. The van der Waals surface area contributed by atoms with E-state index in [0.29, 0.717) is 28.6 Å². The van der Waals surface area contributed by atoms with Gasteiger partial charge < -0.3 is 9.26 Å². The highest BCUT2D eigenvalue weighted by atomic mass is 16.5. The van der Waals surface area contributed by atoms with E-state index in [4.69, 9.17) is 14.4 Å². The standard InChI is InChI=1S/C21H18N6O2/c1-12(2)17-11-15(26-29-17)21-24-23-20-13-7-6-9-16(28-3)18(13)19(25-27(20)21)14-8-4-5-10-22-14/h4-12H,1-3H3. The molecular formula is C21H18N6O2. The minimum absolute atomic E-state index is 0.220. The zero-order valence-electron chi connectivity index (χ0n) is 16.2. The quantitative estimate of drug-likeness (QED) is 0.459. The van der Waals surface area contributed by atoms with Gasteiger partial charge in [0.05, 0.1) is 18.2 Å². The van der Waals surface area contributed by atoms with Gasteiger partial charge in [-0.3, -0.25) is 4.98 Å². The number of nitrogens with zero attached hydrogens (tertiary/aromatic N) is 6. The molecule has 5 aromatic rings. The van der Waals surface area contributed by atoms with Crippen LogP contribution in [0.5, 0.6) is 5.75 Å². The van der Waals surface area contributed by atoms with Crippen molar-refractivity contribution in [1.82, 2.24) is 30.0 Å². The summed E-state index contributed by atoms with van der Waals surface area (Å²) in [6, 6.07) is 13.4. The predicted molar refractivity (Wildman–Crippen MR) is 108 cm³/mol. The van der Waals surface area contributed by atoms with Crippen molar-refractivity contribution in [3.05, 3.63) is 54.4 Å². The first-order valence-electron chi connectivity index (χ1n) is 9.28. The molecule has 0 N–H and O–H groups in total. The maximum atomic E-state index is 5.61. The van der Waals surface area contributed by atoms with Crippen LogP contribution in [0.15, 0.2) is 53.2 Å². The van der Waals surface area contributed by atoms with Crippen LogP contribution in [0.4, 0.5) is 0 Å². The van der Waals surface area contributed by atoms with E-state index < -0.39 is 0 Å². The van der Waals surface area contributed by atoms with Gasteiger partial charge >= 0.3 is 0 Å². The third-order valence-corrected chi connectivity index (χ3v) is 4.80. The Labute approximate surface area is 166 Å². The maximum absolute atomic E-state index is 5.61. The maximum Gasteiger partial charge on any atom is 0.207 e. The highest BCUT2D eigenvalue weighted by Gasteiger charge is 2.21. The van der Waals surface area contributed by atoms with Gasteiger partial charge in [-0.2, -0.15) is 9.61 Å². The monoisotopic (exact) mass is 386 g/mol. The number of aromatic nitrogens is 6. The van der Waals surface area contributed by atoms with E-state index in [-0.39, 0.29) is 5.92 Å². The van der Waals surface area contributed by atoms with Crippen molar-refractivity contribution in [2.75, 3.05) is 7.11 Å². The topological polar surface area (TPSA) is 91.2 Å². The van der Waals surface area contributed by atoms with Crippen molar-refractivity contribution >= 4 is 16.4 Å². The molecule has 0 radical (unpaired) electrons. The molecule has 0 atom stereocenters. The Balaban J connectivity index is 1.85. The van der Waals surface area contributed by atoms with Gasteiger partial charge in [-0.05, 0) is 18.2 Å². The fourth-order valence-corrected chi connectivity index (χ4v) is 3.33. The number of hydrogen-bond donors (Lipinski definition) is 0. The van der Waals surface area contributed by atoms with E-state index in [9.17, 15) is 0 Å². The Kier molecular flexibility index (Phi) is 3.97. The first-order chi connectivity index (χ1) is 14.2. The summed E-state index contributed by atoms with van der Waals surface area (Å²) < 4.78 is 12.7. The summed E-state index contributed by atoms with van der Waals surface area (Å²) in [5.74, 6) is 2.21. The van der Waals surface area contributed by atoms with E-state index >= 15 is 0 Å². The lowest BCUT2D eigenvalue weighted by molar-refractivity contribution is 0.372. The zero-order valence-corrected chi connectivity index (χ0v) is 16.2. The molecule has 8 nitrogen and oxygen atoms in total. The zero-order chi connectivity index (χ0) is 20.0. The summed E-state index contributed by atoms with van der Waals surface area (Å²) in [6.45, 7) is 4.09. The van der Waals surface area contributed by atoms with E-state index in [0.717, 1.165) is 22.2 Å². The highest BCUT2D eigenvalue weighted by molar-refractivity contribution is 6.05. The molecular weight excluding hydrogens is 368 g/mol. The van der Waals surface area contributed by atoms with Gasteiger partial charge in [0.25, 0.3) is 0 Å². The molecule has 0 bridgehead atoms. The third kappa shape index (κ3) is 2.72. The fourth-order valence-electron chi connectivity index (χ4n) is 3.33. The molecule has 0 amide bonds. The second kappa shape index (κ2) is 6.66. The van der Waals surface area contributed by atoms with Gasteiger partial charge in [-0.25, -0.2) is 0 Å². The molecule has 1 aromatic carbocycles. The third-order valence-electron chi connectivity index (χ3n) is 4.80. The van der Waals surface area contributed by atoms with Crippen LogP contribution in [0.2, 0.25) is 0 Å². The lowest BCUT2D eigenvalue weighted by atomic mass is 10.1. The van der Waals surface area contributed by atoms with Gasteiger partial charge in [0.15, 0.2) is 11.3 Å². The fraction of sp³-hybridized carbons (Fsp3) is 0.190. The average Bonchev–Trinajstić information content (AvgIpc) is 3.40. The smallest absolute Gasteiger partial charge is 0.207 e. The second-order valence-corrected chi connectivity index (χ2v) is 6.97. The number of benzene rings is 1. The number of pyridine rings is 1. The molecule has 144 valence electrons. The van der Waals surface area contributed by atoms with Crippen molar-refractivity contribution in [3.63, 3.8) is 0 Å². The van der Waals surface area contributed by atoms with Crippen molar-refractivity contribution in [3.8, 4) is 28.7 Å². The molecule has 0 aliphatic rings. The van der Waals surface area contributed by atoms with Crippen LogP contribution in [0.25, 0.3) is 39.3 Å². The van der Waals surface area contributed by atoms with Crippen molar-refractivity contribution < 1.29 is 9.26 Å². The summed E-state index contributed by atoms with van der Waals surface area (Å²) in [6.07, 6.45) is 1.74. The van der Waals surface area contributed by atoms with Crippen LogP contribution in [-0.4, -0.2) is 37.1 Å². The minimum Gasteiger partial charge on any atom is -0.496 e. The SMILES string of the molecule is COc1cccc2c1c(-c1ccccn1)nn1c(-c3cc(C(C)C)on3)nnc21. The van der Waals surface area contributed by atoms with Crippen LogP contribution in [0, 0.1) is 0 Å². The van der Waals surface area contributed by atoms with E-state index in [1.165, 1.54) is 0 Å². The Morgan fingerprint density at radius 3 is 2.66 bits per heavy atom. The number of rotatable bonds is 4. The summed E-state index contributed by atoms with van der Waals surface area (Å²) in [5, 5.41) is 19.4. The van der Waals surface area contributed by atoms with Crippen molar-refractivity contribution in [2.24, 2.45) is 0 Å². The van der Waals surface area contributed by atoms with E-state index in [1.807, 2.05) is 56.3 Å². The molecule has 0 saturated heterocycles. The molecule has 0 unspecified atom stereocenters. The number of ether oxygens (including phenoxy) is 1. The second-order valence-electron chi connectivity index (χ2n) is 6.97. The number of hydrogen-bond acceptors (Lipinski definition) is 7. The molecule has 0 aliphatic heterocycles. The van der Waals surface area contributed by atoms with Crippen LogP contribution < -0.4 is 4.74 Å². The summed E-state index contributed by atoms with van der Waals surface area (Å²) in [4.78, 5) is 4.49. The van der Waals surface area contributed by atoms with Crippen LogP contribution >= 0.6 is 0 Å². The van der Waals surface area contributed by atoms with Crippen LogP contribution in [0.3, 0.4) is 0 Å². The Morgan fingerprint density at radius 2 is 1.93 bits per heavy atom. The number of fused-ring (bicyclic) bond motifs is 3. The van der Waals surface area contributed by atoms with Gasteiger partial charge in [0.2, 0.25) is 5.82 Å². The molecule has 0 saturated carbocycles. The molecule has 0 aliphatic carbocycles. The molecule has 4 heterocycles. The Morgan fingerprint density at radius 1 is 1.03 bits per heavy atom. The average molecular weight is 386 g/mol. The lowest BCUT2D eigenvalue weighted by Gasteiger charge is -2.11. The molecule has 29 heavy (non-hydrogen) atoms. The summed E-state index contributed by atoms with van der Waals surface area (Å²) in [7, 11) is 1.64. The van der Waals surface area contributed by atoms with Crippen LogP contribution in [-0.2, 0) is 0 Å². The molecule has 0 spiro atoms. The summed E-state index contributed by atoms with van der Waals surface area (Å²) >= 11 is 0. The van der Waals surface area contributed by atoms with Gasteiger partial charge in [-0.1, -0.05) is 37.2 Å². The first kappa shape index (κ1) is 17.3. The predicted octanol–water partition coefficient (Wildman–Crippen LogP) is 4.13. The largest absolute Gasteiger partial charge is 0.496 e. The minimum atomic E-state index is 0.220. The highest BCUT2D eigenvalue weighted by Crippen LogP contribution is 2.35. The first-order valence-corrected chi connectivity index (χ1v) is 9.28. The van der Waals surface area contributed by atoms with E-state index in [1.54, 1.807) is 17.8 Å². The molecule has 4 aromatic heterocycles. The Bertz CT molecular complexity index is 1320. The lowest BCUT2D eigenvalue weighted by Crippen LogP contribution is -2.01. The molecule has 5 rings (SSSR count). The van der Waals surface area contributed by atoms with Gasteiger partial charge in [-0.15, -0.1) is 10.2 Å². The Hall–Kier alpha value is -3.81.